The zero-order chi connectivity index (χ0) is 14.6. The first-order valence-corrected chi connectivity index (χ1v) is 6.92. The van der Waals surface area contributed by atoms with Crippen LogP contribution in [0.1, 0.15) is 36.1 Å². The fraction of sp³-hybridized carbons (Fsp3) is 0.588. The molecule has 1 aromatic carbocycles. The van der Waals surface area contributed by atoms with Crippen LogP contribution in [0.15, 0.2) is 12.1 Å². The summed E-state index contributed by atoms with van der Waals surface area (Å²) in [4.78, 5) is 2.25. The highest BCUT2D eigenvalue weighted by molar-refractivity contribution is 5.36. The summed E-state index contributed by atoms with van der Waals surface area (Å²) in [6.45, 7) is 12.3. The first-order chi connectivity index (χ1) is 8.75. The lowest BCUT2D eigenvalue weighted by Crippen LogP contribution is -2.32. The Morgan fingerprint density at radius 2 is 1.68 bits per heavy atom. The zero-order valence-electron chi connectivity index (χ0n) is 13.2. The van der Waals surface area contributed by atoms with Gasteiger partial charge in [0, 0.05) is 13.1 Å². The van der Waals surface area contributed by atoms with E-state index in [1.54, 1.807) is 0 Å². The van der Waals surface area contributed by atoms with Crippen molar-refractivity contribution >= 4 is 0 Å². The van der Waals surface area contributed by atoms with Crippen molar-refractivity contribution < 1.29 is 0 Å². The second-order valence-electron chi connectivity index (χ2n) is 6.35. The monoisotopic (exact) mass is 258 g/mol. The maximum absolute atomic E-state index is 9.06. The highest BCUT2D eigenvalue weighted by atomic mass is 15.1. The molecule has 0 aliphatic heterocycles. The van der Waals surface area contributed by atoms with Gasteiger partial charge in [-0.15, -0.1) is 0 Å². The third-order valence-corrected chi connectivity index (χ3v) is 3.68. The number of rotatable bonds is 5. The van der Waals surface area contributed by atoms with E-state index in [1.165, 1.54) is 22.3 Å². The van der Waals surface area contributed by atoms with Crippen LogP contribution in [0.5, 0.6) is 0 Å². The zero-order valence-corrected chi connectivity index (χ0v) is 13.2. The largest absolute Gasteiger partial charge is 0.304 e. The molecule has 1 aromatic rings. The highest BCUT2D eigenvalue weighted by Crippen LogP contribution is 2.18. The normalized spacial score (nSPS) is 11.7. The molecule has 0 N–H and O–H groups in total. The summed E-state index contributed by atoms with van der Waals surface area (Å²) in [7, 11) is 2.09. The van der Waals surface area contributed by atoms with Gasteiger partial charge in [-0.05, 0) is 70.3 Å². The fourth-order valence-corrected chi connectivity index (χ4v) is 2.39. The Morgan fingerprint density at radius 3 is 2.26 bits per heavy atom. The summed E-state index contributed by atoms with van der Waals surface area (Å²) < 4.78 is 0. The van der Waals surface area contributed by atoms with Gasteiger partial charge in [0.1, 0.15) is 0 Å². The molecule has 0 unspecified atom stereocenters. The van der Waals surface area contributed by atoms with Crippen LogP contribution < -0.4 is 0 Å². The van der Waals surface area contributed by atoms with Gasteiger partial charge in [-0.1, -0.05) is 12.1 Å². The first-order valence-electron chi connectivity index (χ1n) is 6.92. The molecule has 0 fully saturated rings. The van der Waals surface area contributed by atoms with Crippen LogP contribution in [0.4, 0.5) is 0 Å². The van der Waals surface area contributed by atoms with E-state index in [0.29, 0.717) is 0 Å². The Labute approximate surface area is 118 Å². The van der Waals surface area contributed by atoms with Crippen LogP contribution in [0.3, 0.4) is 0 Å². The molecular formula is C17H26N2. The van der Waals surface area contributed by atoms with E-state index in [-0.39, 0.29) is 5.41 Å². The number of aryl methyl sites for hydroxylation is 3. The van der Waals surface area contributed by atoms with E-state index >= 15 is 0 Å². The number of benzene rings is 1. The molecule has 1 rings (SSSR count). The van der Waals surface area contributed by atoms with Gasteiger partial charge in [0.05, 0.1) is 11.5 Å². The van der Waals surface area contributed by atoms with E-state index in [0.717, 1.165) is 19.5 Å². The standard InChI is InChI=1S/C17H26N2/c1-13-9-15(3)16(10-14(13)2)7-8-19(6)12-17(4,5)11-18/h9-10H,7-8,12H2,1-6H3. The van der Waals surface area contributed by atoms with Gasteiger partial charge >= 0.3 is 0 Å². The topological polar surface area (TPSA) is 27.0 Å². The summed E-state index contributed by atoms with van der Waals surface area (Å²) in [6.07, 6.45) is 1.05. The summed E-state index contributed by atoms with van der Waals surface area (Å²) in [6, 6.07) is 6.92. The third-order valence-electron chi connectivity index (χ3n) is 3.68. The van der Waals surface area contributed by atoms with E-state index in [4.69, 9.17) is 5.26 Å². The molecule has 2 nitrogen and oxygen atoms in total. The van der Waals surface area contributed by atoms with Gasteiger partial charge < -0.3 is 4.90 Å². The maximum Gasteiger partial charge on any atom is 0.0697 e. The quantitative estimate of drug-likeness (QED) is 0.806. The number of nitrogens with zero attached hydrogens (tertiary/aromatic N) is 2. The Balaban J connectivity index is 2.63. The molecule has 0 saturated carbocycles. The predicted octanol–water partition coefficient (Wildman–Crippen LogP) is 3.64. The van der Waals surface area contributed by atoms with Crippen molar-refractivity contribution in [3.63, 3.8) is 0 Å². The smallest absolute Gasteiger partial charge is 0.0697 e. The second-order valence-corrected chi connectivity index (χ2v) is 6.35. The minimum atomic E-state index is -0.271. The fourth-order valence-electron chi connectivity index (χ4n) is 2.39. The van der Waals surface area contributed by atoms with Gasteiger partial charge in [0.15, 0.2) is 0 Å². The lowest BCUT2D eigenvalue weighted by molar-refractivity contribution is 0.258. The second kappa shape index (κ2) is 6.21. The van der Waals surface area contributed by atoms with Gasteiger partial charge in [-0.3, -0.25) is 0 Å². The Bertz CT molecular complexity index is 481. The van der Waals surface area contributed by atoms with Crippen molar-refractivity contribution in [3.05, 3.63) is 34.4 Å². The van der Waals surface area contributed by atoms with Crippen molar-refractivity contribution in [3.8, 4) is 6.07 Å². The maximum atomic E-state index is 9.06. The number of hydrogen-bond acceptors (Lipinski definition) is 2. The summed E-state index contributed by atoms with van der Waals surface area (Å²) in [5.41, 5.74) is 5.24. The van der Waals surface area contributed by atoms with Crippen LogP contribution in [0, 0.1) is 37.5 Å². The van der Waals surface area contributed by atoms with Crippen molar-refractivity contribution in [2.24, 2.45) is 5.41 Å². The molecule has 0 atom stereocenters. The molecule has 0 aliphatic rings. The molecule has 0 amide bonds. The molecule has 0 aromatic heterocycles. The Kier molecular flexibility index (Phi) is 5.14. The molecule has 0 spiro atoms. The van der Waals surface area contributed by atoms with Crippen LogP contribution in [0.25, 0.3) is 0 Å². The lowest BCUT2D eigenvalue weighted by Gasteiger charge is -2.24. The molecule has 0 bridgehead atoms. The van der Waals surface area contributed by atoms with Crippen molar-refractivity contribution in [1.29, 1.82) is 5.26 Å². The molecular weight excluding hydrogens is 232 g/mol. The number of likely N-dealkylation sites (N-methyl/N-ethyl adjacent to an activating group) is 1. The number of nitriles is 1. The summed E-state index contributed by atoms with van der Waals surface area (Å²) >= 11 is 0. The SMILES string of the molecule is Cc1cc(C)c(CCN(C)CC(C)(C)C#N)cc1C. The van der Waals surface area contributed by atoms with E-state index in [1.807, 2.05) is 13.8 Å². The van der Waals surface area contributed by atoms with Gasteiger partial charge in [0.25, 0.3) is 0 Å². The van der Waals surface area contributed by atoms with Crippen molar-refractivity contribution in [2.75, 3.05) is 20.1 Å². The van der Waals surface area contributed by atoms with Gasteiger partial charge in [-0.25, -0.2) is 0 Å². The third kappa shape index (κ3) is 4.69. The Hall–Kier alpha value is -1.33. The van der Waals surface area contributed by atoms with Crippen LogP contribution in [-0.4, -0.2) is 25.0 Å². The van der Waals surface area contributed by atoms with Gasteiger partial charge in [-0.2, -0.15) is 5.26 Å². The average Bonchev–Trinajstić information content (AvgIpc) is 2.31. The van der Waals surface area contributed by atoms with Crippen LogP contribution >= 0.6 is 0 Å². The minimum absolute atomic E-state index is 0.271. The van der Waals surface area contributed by atoms with Crippen molar-refractivity contribution in [1.82, 2.24) is 4.90 Å². The molecule has 0 radical (unpaired) electrons. The lowest BCUT2D eigenvalue weighted by atomic mass is 9.94. The average molecular weight is 258 g/mol. The highest BCUT2D eigenvalue weighted by Gasteiger charge is 2.18. The number of hydrogen-bond donors (Lipinski definition) is 0. The summed E-state index contributed by atoms with van der Waals surface area (Å²) in [5.74, 6) is 0. The van der Waals surface area contributed by atoms with Crippen molar-refractivity contribution in [2.45, 2.75) is 41.0 Å². The van der Waals surface area contributed by atoms with Gasteiger partial charge in [0.2, 0.25) is 0 Å². The molecule has 0 heterocycles. The van der Waals surface area contributed by atoms with Crippen LogP contribution in [0.2, 0.25) is 0 Å². The molecule has 0 saturated heterocycles. The molecule has 19 heavy (non-hydrogen) atoms. The Morgan fingerprint density at radius 1 is 1.11 bits per heavy atom. The first kappa shape index (κ1) is 15.7. The molecule has 104 valence electrons. The molecule has 0 aliphatic carbocycles. The van der Waals surface area contributed by atoms with E-state index in [9.17, 15) is 0 Å². The van der Waals surface area contributed by atoms with Crippen LogP contribution in [-0.2, 0) is 6.42 Å². The minimum Gasteiger partial charge on any atom is -0.304 e. The predicted molar refractivity (Wildman–Crippen MR) is 81.2 cm³/mol. The van der Waals surface area contributed by atoms with E-state index in [2.05, 4.69) is 50.9 Å². The molecule has 2 heteroatoms. The van der Waals surface area contributed by atoms with E-state index < -0.39 is 0 Å². The summed E-state index contributed by atoms with van der Waals surface area (Å²) in [5, 5.41) is 9.06.